The summed E-state index contributed by atoms with van der Waals surface area (Å²) >= 11 is 0. The van der Waals surface area contributed by atoms with E-state index in [1.54, 1.807) is 7.11 Å². The maximum absolute atomic E-state index is 12.8. The van der Waals surface area contributed by atoms with Gasteiger partial charge in [-0.3, -0.25) is 14.4 Å². The Bertz CT molecular complexity index is 798. The van der Waals surface area contributed by atoms with E-state index in [4.69, 9.17) is 4.74 Å². The summed E-state index contributed by atoms with van der Waals surface area (Å²) in [6.45, 7) is 8.61. The number of ether oxygens (including phenoxy) is 1. The van der Waals surface area contributed by atoms with Crippen LogP contribution in [0.25, 0.3) is 0 Å². The summed E-state index contributed by atoms with van der Waals surface area (Å²) in [6.07, 6.45) is 2.36. The molecule has 152 valence electrons. The molecule has 1 aliphatic heterocycles. The number of amides is 1. The lowest BCUT2D eigenvalue weighted by molar-refractivity contribution is -0.131. The molecule has 0 saturated carbocycles. The van der Waals surface area contributed by atoms with Crippen molar-refractivity contribution in [3.8, 4) is 5.75 Å². The highest BCUT2D eigenvalue weighted by atomic mass is 16.5. The zero-order valence-electron chi connectivity index (χ0n) is 17.6. The third-order valence-electron chi connectivity index (χ3n) is 5.75. The first-order chi connectivity index (χ1) is 13.5. The van der Waals surface area contributed by atoms with Crippen LogP contribution in [0.3, 0.4) is 0 Å². The number of hydrogen-bond donors (Lipinski definition) is 0. The van der Waals surface area contributed by atoms with Crippen molar-refractivity contribution in [2.75, 3.05) is 33.3 Å². The zero-order chi connectivity index (χ0) is 20.1. The summed E-state index contributed by atoms with van der Waals surface area (Å²) in [4.78, 5) is 17.2. The number of rotatable bonds is 6. The fraction of sp³-hybridized carbons (Fsp3) is 0.545. The smallest absolute Gasteiger partial charge is 0.222 e. The third-order valence-corrected chi connectivity index (χ3v) is 5.75. The first-order valence-electron chi connectivity index (χ1n) is 10.1. The van der Waals surface area contributed by atoms with Gasteiger partial charge in [0.1, 0.15) is 5.75 Å². The highest BCUT2D eigenvalue weighted by Gasteiger charge is 2.20. The Morgan fingerprint density at radius 3 is 2.50 bits per heavy atom. The van der Waals surface area contributed by atoms with Gasteiger partial charge in [0.05, 0.1) is 12.8 Å². The summed E-state index contributed by atoms with van der Waals surface area (Å²) in [5.41, 5.74) is 4.69. The first-order valence-corrected chi connectivity index (χ1v) is 10.1. The van der Waals surface area contributed by atoms with Crippen LogP contribution in [-0.2, 0) is 24.8 Å². The molecule has 0 N–H and O–H groups in total. The third kappa shape index (κ3) is 4.93. The minimum atomic E-state index is 0.258. The summed E-state index contributed by atoms with van der Waals surface area (Å²) in [7, 11) is 3.65. The highest BCUT2D eigenvalue weighted by molar-refractivity contribution is 5.76. The number of aryl methyl sites for hydroxylation is 2. The van der Waals surface area contributed by atoms with Crippen LogP contribution in [-0.4, -0.2) is 58.8 Å². The van der Waals surface area contributed by atoms with Gasteiger partial charge in [-0.15, -0.1) is 0 Å². The monoisotopic (exact) mass is 384 g/mol. The fourth-order valence-electron chi connectivity index (χ4n) is 3.94. The van der Waals surface area contributed by atoms with Crippen LogP contribution in [0, 0.1) is 13.8 Å². The van der Waals surface area contributed by atoms with Gasteiger partial charge < -0.3 is 9.64 Å². The van der Waals surface area contributed by atoms with Crippen molar-refractivity contribution in [1.82, 2.24) is 19.6 Å². The molecule has 0 spiro atoms. The average molecular weight is 385 g/mol. The van der Waals surface area contributed by atoms with Crippen molar-refractivity contribution in [3.05, 3.63) is 46.8 Å². The molecule has 28 heavy (non-hydrogen) atoms. The maximum atomic E-state index is 12.8. The number of aromatic nitrogens is 2. The van der Waals surface area contributed by atoms with E-state index in [0.717, 1.165) is 62.7 Å². The molecule has 1 aliphatic rings. The number of benzene rings is 1. The Labute approximate surface area is 168 Å². The number of nitrogens with zero attached hydrogens (tertiary/aromatic N) is 4. The molecule has 6 nitrogen and oxygen atoms in total. The second-order valence-corrected chi connectivity index (χ2v) is 7.63. The molecule has 0 unspecified atom stereocenters. The van der Waals surface area contributed by atoms with E-state index in [2.05, 4.69) is 29.1 Å². The normalized spacial score (nSPS) is 15.5. The Balaban J connectivity index is 1.50. The molecule has 2 aromatic rings. The van der Waals surface area contributed by atoms with E-state index in [0.29, 0.717) is 6.42 Å². The maximum Gasteiger partial charge on any atom is 0.222 e. The van der Waals surface area contributed by atoms with E-state index >= 15 is 0 Å². The van der Waals surface area contributed by atoms with Crippen molar-refractivity contribution in [1.29, 1.82) is 0 Å². The van der Waals surface area contributed by atoms with Crippen LogP contribution in [0.1, 0.15) is 35.4 Å². The summed E-state index contributed by atoms with van der Waals surface area (Å²) in [5, 5.41) is 4.45. The van der Waals surface area contributed by atoms with Crippen molar-refractivity contribution in [2.24, 2.45) is 7.05 Å². The quantitative estimate of drug-likeness (QED) is 0.768. The second kappa shape index (κ2) is 9.24. The van der Waals surface area contributed by atoms with Crippen molar-refractivity contribution >= 4 is 5.91 Å². The minimum Gasteiger partial charge on any atom is -0.497 e. The van der Waals surface area contributed by atoms with Crippen molar-refractivity contribution < 1.29 is 9.53 Å². The van der Waals surface area contributed by atoms with E-state index in [-0.39, 0.29) is 5.91 Å². The topological polar surface area (TPSA) is 50.6 Å². The molecule has 0 radical (unpaired) electrons. The van der Waals surface area contributed by atoms with E-state index in [9.17, 15) is 4.79 Å². The lowest BCUT2D eigenvalue weighted by atomic mass is 10.1. The first kappa shape index (κ1) is 20.4. The molecule has 0 bridgehead atoms. The van der Waals surface area contributed by atoms with Crippen molar-refractivity contribution in [3.63, 3.8) is 0 Å². The highest BCUT2D eigenvalue weighted by Crippen LogP contribution is 2.17. The van der Waals surface area contributed by atoms with Crippen LogP contribution < -0.4 is 4.74 Å². The Hall–Kier alpha value is -2.34. The molecule has 3 rings (SSSR count). The SMILES string of the molecule is COc1ccc(CN2CCCN(C(=O)CCc3c(C)nn(C)c3C)CC2)cc1. The average Bonchev–Trinajstić information content (AvgIpc) is 2.85. The van der Waals surface area contributed by atoms with Gasteiger partial charge >= 0.3 is 0 Å². The molecule has 2 heterocycles. The molecule has 6 heteroatoms. The molecule has 0 aliphatic carbocycles. The Kier molecular flexibility index (Phi) is 6.73. The van der Waals surface area contributed by atoms with Crippen LogP contribution >= 0.6 is 0 Å². The fourth-order valence-corrected chi connectivity index (χ4v) is 3.94. The summed E-state index contributed by atoms with van der Waals surface area (Å²) < 4.78 is 7.13. The van der Waals surface area contributed by atoms with Gasteiger partial charge in [-0.1, -0.05) is 12.1 Å². The lowest BCUT2D eigenvalue weighted by Gasteiger charge is -2.22. The molecule has 1 saturated heterocycles. The van der Waals surface area contributed by atoms with Crippen molar-refractivity contribution in [2.45, 2.75) is 39.7 Å². The second-order valence-electron chi connectivity index (χ2n) is 7.63. The van der Waals surface area contributed by atoms with Crippen LogP contribution in [0.15, 0.2) is 24.3 Å². The molecule has 1 aromatic carbocycles. The van der Waals surface area contributed by atoms with Crippen LogP contribution in [0.2, 0.25) is 0 Å². The number of hydrogen-bond acceptors (Lipinski definition) is 4. The summed E-state index contributed by atoms with van der Waals surface area (Å²) in [5.74, 6) is 1.14. The van der Waals surface area contributed by atoms with Gasteiger partial charge in [0, 0.05) is 51.9 Å². The van der Waals surface area contributed by atoms with Gasteiger partial charge in [0.15, 0.2) is 0 Å². The van der Waals surface area contributed by atoms with E-state index < -0.39 is 0 Å². The van der Waals surface area contributed by atoms with Gasteiger partial charge in [0.25, 0.3) is 0 Å². The minimum absolute atomic E-state index is 0.258. The predicted molar refractivity (Wildman–Crippen MR) is 110 cm³/mol. The Morgan fingerprint density at radius 1 is 1.11 bits per heavy atom. The predicted octanol–water partition coefficient (Wildman–Crippen LogP) is 2.71. The Morgan fingerprint density at radius 2 is 1.86 bits per heavy atom. The number of methoxy groups -OCH3 is 1. The molecule has 1 amide bonds. The molecular weight excluding hydrogens is 352 g/mol. The molecular formula is C22H32N4O2. The zero-order valence-corrected chi connectivity index (χ0v) is 17.6. The summed E-state index contributed by atoms with van der Waals surface area (Å²) in [6, 6.07) is 8.24. The van der Waals surface area contributed by atoms with Crippen LogP contribution in [0.5, 0.6) is 5.75 Å². The molecule has 0 atom stereocenters. The van der Waals surface area contributed by atoms with Gasteiger partial charge in [-0.2, -0.15) is 5.10 Å². The van der Waals surface area contributed by atoms with Gasteiger partial charge in [0.2, 0.25) is 5.91 Å². The van der Waals surface area contributed by atoms with Gasteiger partial charge in [-0.25, -0.2) is 0 Å². The van der Waals surface area contributed by atoms with Crippen LogP contribution in [0.4, 0.5) is 0 Å². The number of carbonyl (C=O) groups excluding carboxylic acids is 1. The van der Waals surface area contributed by atoms with E-state index in [1.165, 1.54) is 11.1 Å². The molecule has 1 aromatic heterocycles. The standard InChI is InChI=1S/C22H32N4O2/c1-17-21(18(2)24(3)23-17)10-11-22(27)26-13-5-12-25(14-15-26)16-19-6-8-20(28-4)9-7-19/h6-9H,5,10-16H2,1-4H3. The molecule has 1 fully saturated rings. The lowest BCUT2D eigenvalue weighted by Crippen LogP contribution is -2.35. The largest absolute Gasteiger partial charge is 0.497 e. The van der Waals surface area contributed by atoms with Gasteiger partial charge in [-0.05, 0) is 49.9 Å². The number of carbonyl (C=O) groups is 1. The van der Waals surface area contributed by atoms with E-state index in [1.807, 2.05) is 35.7 Å².